The molecule has 0 spiro atoms. The zero-order valence-electron chi connectivity index (χ0n) is 10.9. The Morgan fingerprint density at radius 1 is 1.42 bits per heavy atom. The molecule has 6 heteroatoms. The number of nitrogen functional groups attached to an aromatic ring is 1. The third-order valence-corrected chi connectivity index (χ3v) is 3.80. The van der Waals surface area contributed by atoms with Crippen molar-refractivity contribution in [1.82, 2.24) is 9.55 Å². The van der Waals surface area contributed by atoms with E-state index in [0.717, 1.165) is 10.8 Å². The van der Waals surface area contributed by atoms with Gasteiger partial charge in [0.25, 0.3) is 0 Å². The van der Waals surface area contributed by atoms with Gasteiger partial charge < -0.3 is 15.2 Å². The summed E-state index contributed by atoms with van der Waals surface area (Å²) in [7, 11) is 3.66. The molecule has 2 aromatic rings. The van der Waals surface area contributed by atoms with Crippen molar-refractivity contribution in [2.24, 2.45) is 7.05 Å². The summed E-state index contributed by atoms with van der Waals surface area (Å²) in [4.78, 5) is 17.9. The van der Waals surface area contributed by atoms with Crippen LogP contribution in [0, 0.1) is 0 Å². The topological polar surface area (TPSA) is 64.2 Å². The van der Waals surface area contributed by atoms with Crippen molar-refractivity contribution in [2.45, 2.75) is 5.16 Å². The van der Waals surface area contributed by atoms with Crippen molar-refractivity contribution in [3.8, 4) is 0 Å². The van der Waals surface area contributed by atoms with E-state index in [1.807, 2.05) is 29.9 Å². The number of thioether (sulfide) groups is 1. The largest absolute Gasteiger partial charge is 0.399 e. The monoisotopic (exact) mass is 276 g/mol. The molecule has 0 unspecified atom stereocenters. The van der Waals surface area contributed by atoms with E-state index < -0.39 is 0 Å². The maximum Gasteiger partial charge on any atom is 0.237 e. The predicted molar refractivity (Wildman–Crippen MR) is 78.2 cm³/mol. The first-order valence-corrected chi connectivity index (χ1v) is 6.78. The van der Waals surface area contributed by atoms with Crippen LogP contribution < -0.4 is 10.6 Å². The second-order valence-electron chi connectivity index (χ2n) is 4.15. The predicted octanol–water partition coefficient (Wildman–Crippen LogP) is 1.76. The van der Waals surface area contributed by atoms with E-state index in [1.54, 1.807) is 30.3 Å². The molecule has 0 saturated carbocycles. The number of carbonyl (C=O) groups excluding carboxylic acids is 1. The molecule has 1 aromatic heterocycles. The van der Waals surface area contributed by atoms with Crippen molar-refractivity contribution < 1.29 is 4.79 Å². The fraction of sp³-hybridized carbons (Fsp3) is 0.231. The highest BCUT2D eigenvalue weighted by atomic mass is 32.2. The third kappa shape index (κ3) is 3.29. The molecule has 0 radical (unpaired) electrons. The molecule has 5 nitrogen and oxygen atoms in total. The van der Waals surface area contributed by atoms with Gasteiger partial charge in [0.05, 0.1) is 5.75 Å². The number of hydrogen-bond acceptors (Lipinski definition) is 4. The summed E-state index contributed by atoms with van der Waals surface area (Å²) in [5.41, 5.74) is 7.14. The summed E-state index contributed by atoms with van der Waals surface area (Å²) in [6, 6.07) is 7.23. The number of benzene rings is 1. The van der Waals surface area contributed by atoms with E-state index in [-0.39, 0.29) is 5.91 Å². The molecule has 2 rings (SSSR count). The van der Waals surface area contributed by atoms with Gasteiger partial charge >= 0.3 is 0 Å². The van der Waals surface area contributed by atoms with E-state index in [9.17, 15) is 4.79 Å². The summed E-state index contributed by atoms with van der Waals surface area (Å²) in [6.07, 6.45) is 3.58. The Balaban J connectivity index is 1.96. The summed E-state index contributed by atoms with van der Waals surface area (Å²) >= 11 is 1.42. The molecule has 0 atom stereocenters. The van der Waals surface area contributed by atoms with Gasteiger partial charge in [0.15, 0.2) is 5.16 Å². The molecule has 100 valence electrons. The molecular formula is C13H16N4OS. The smallest absolute Gasteiger partial charge is 0.237 e. The molecule has 1 amide bonds. The minimum absolute atomic E-state index is 0.0257. The Morgan fingerprint density at radius 3 is 2.68 bits per heavy atom. The average Bonchev–Trinajstić information content (AvgIpc) is 2.81. The van der Waals surface area contributed by atoms with Gasteiger partial charge in [0, 0.05) is 37.9 Å². The highest BCUT2D eigenvalue weighted by Crippen LogP contribution is 2.18. The Kier molecular flexibility index (Phi) is 4.11. The first-order chi connectivity index (χ1) is 9.08. The van der Waals surface area contributed by atoms with E-state index in [0.29, 0.717) is 11.4 Å². The number of hydrogen-bond donors (Lipinski definition) is 1. The fourth-order valence-electron chi connectivity index (χ4n) is 1.56. The Labute approximate surface area is 116 Å². The highest BCUT2D eigenvalue weighted by Gasteiger charge is 2.12. The van der Waals surface area contributed by atoms with Crippen LogP contribution in [0.5, 0.6) is 0 Å². The Bertz CT molecular complexity index is 564. The Morgan fingerprint density at radius 2 is 2.11 bits per heavy atom. The number of aromatic nitrogens is 2. The van der Waals surface area contributed by atoms with Crippen LogP contribution in [-0.2, 0) is 11.8 Å². The van der Waals surface area contributed by atoms with Crippen molar-refractivity contribution in [3.05, 3.63) is 36.7 Å². The van der Waals surface area contributed by atoms with Gasteiger partial charge in [-0.2, -0.15) is 0 Å². The van der Waals surface area contributed by atoms with Crippen LogP contribution >= 0.6 is 11.8 Å². The molecule has 1 aromatic carbocycles. The number of nitrogens with zero attached hydrogens (tertiary/aromatic N) is 3. The van der Waals surface area contributed by atoms with Crippen LogP contribution in [-0.4, -0.2) is 28.3 Å². The van der Waals surface area contributed by atoms with Crippen molar-refractivity contribution >= 4 is 29.0 Å². The zero-order chi connectivity index (χ0) is 13.8. The summed E-state index contributed by atoms with van der Waals surface area (Å²) in [6.45, 7) is 0. The molecule has 0 aliphatic carbocycles. The van der Waals surface area contributed by atoms with Crippen molar-refractivity contribution in [2.75, 3.05) is 23.4 Å². The first kappa shape index (κ1) is 13.5. The number of aryl methyl sites for hydroxylation is 1. The summed E-state index contributed by atoms with van der Waals surface area (Å²) in [5, 5.41) is 0.832. The molecule has 0 saturated heterocycles. The maximum atomic E-state index is 12.1. The number of carbonyl (C=O) groups is 1. The average molecular weight is 276 g/mol. The van der Waals surface area contributed by atoms with Crippen LogP contribution in [0.3, 0.4) is 0 Å². The number of anilines is 2. The lowest BCUT2D eigenvalue weighted by atomic mass is 10.2. The lowest BCUT2D eigenvalue weighted by Gasteiger charge is -2.17. The summed E-state index contributed by atoms with van der Waals surface area (Å²) < 4.78 is 1.89. The van der Waals surface area contributed by atoms with Crippen LogP contribution in [0.1, 0.15) is 0 Å². The number of rotatable bonds is 4. The van der Waals surface area contributed by atoms with Gasteiger partial charge in [-0.05, 0) is 24.3 Å². The second kappa shape index (κ2) is 5.79. The van der Waals surface area contributed by atoms with Gasteiger partial charge in [0.1, 0.15) is 0 Å². The molecule has 0 bridgehead atoms. The van der Waals surface area contributed by atoms with Crippen LogP contribution in [0.4, 0.5) is 11.4 Å². The number of nitrogens with two attached hydrogens (primary N) is 1. The minimum atomic E-state index is 0.0257. The number of imidazole rings is 1. The highest BCUT2D eigenvalue weighted by molar-refractivity contribution is 7.99. The zero-order valence-corrected chi connectivity index (χ0v) is 11.7. The quantitative estimate of drug-likeness (QED) is 0.682. The van der Waals surface area contributed by atoms with Crippen LogP contribution in [0.2, 0.25) is 0 Å². The van der Waals surface area contributed by atoms with Crippen molar-refractivity contribution in [3.63, 3.8) is 0 Å². The van der Waals surface area contributed by atoms with E-state index in [4.69, 9.17) is 5.73 Å². The minimum Gasteiger partial charge on any atom is -0.399 e. The molecule has 2 N–H and O–H groups in total. The normalized spacial score (nSPS) is 10.4. The van der Waals surface area contributed by atoms with Gasteiger partial charge in [-0.3, -0.25) is 4.79 Å². The third-order valence-electron chi connectivity index (χ3n) is 2.76. The maximum absolute atomic E-state index is 12.1. The SMILES string of the molecule is CN(C(=O)CSc1nccn1C)c1ccc(N)cc1. The van der Waals surface area contributed by atoms with E-state index in [2.05, 4.69) is 4.98 Å². The molecule has 0 aliphatic rings. The first-order valence-electron chi connectivity index (χ1n) is 5.80. The fourth-order valence-corrected chi connectivity index (χ4v) is 2.40. The number of amides is 1. The Hall–Kier alpha value is -1.95. The molecule has 0 fully saturated rings. The lowest BCUT2D eigenvalue weighted by Crippen LogP contribution is -2.28. The second-order valence-corrected chi connectivity index (χ2v) is 5.10. The lowest BCUT2D eigenvalue weighted by molar-refractivity contribution is -0.115. The van der Waals surface area contributed by atoms with E-state index in [1.165, 1.54) is 11.8 Å². The molecule has 1 heterocycles. The van der Waals surface area contributed by atoms with E-state index >= 15 is 0 Å². The van der Waals surface area contributed by atoms with Gasteiger partial charge in [0.2, 0.25) is 5.91 Å². The van der Waals surface area contributed by atoms with Crippen molar-refractivity contribution in [1.29, 1.82) is 0 Å². The standard InChI is InChI=1S/C13H16N4OS/c1-16-8-7-15-13(16)19-9-12(18)17(2)11-5-3-10(14)4-6-11/h3-8H,9,14H2,1-2H3. The molecular weight excluding hydrogens is 260 g/mol. The summed E-state index contributed by atoms with van der Waals surface area (Å²) in [5.74, 6) is 0.379. The molecule has 0 aliphatic heterocycles. The van der Waals surface area contributed by atoms with Crippen LogP contribution in [0.25, 0.3) is 0 Å². The molecule has 19 heavy (non-hydrogen) atoms. The van der Waals surface area contributed by atoms with Gasteiger partial charge in [-0.25, -0.2) is 4.98 Å². The van der Waals surface area contributed by atoms with Gasteiger partial charge in [-0.1, -0.05) is 11.8 Å². The van der Waals surface area contributed by atoms with Crippen LogP contribution in [0.15, 0.2) is 41.8 Å². The van der Waals surface area contributed by atoms with Gasteiger partial charge in [-0.15, -0.1) is 0 Å².